The molecule has 196 valence electrons. The predicted molar refractivity (Wildman–Crippen MR) is 162 cm³/mol. The molecule has 0 fully saturated rings. The van der Waals surface area contributed by atoms with Crippen LogP contribution in [0.5, 0.6) is 0 Å². The lowest BCUT2D eigenvalue weighted by molar-refractivity contribution is -0.114. The first-order chi connectivity index (χ1) is 18.9. The van der Waals surface area contributed by atoms with Crippen molar-refractivity contribution in [2.45, 2.75) is 4.90 Å². The highest BCUT2D eigenvalue weighted by Gasteiger charge is 2.15. The molecule has 0 radical (unpaired) electrons. The SMILES string of the molecule is O=C(CSc1ccc(NC(=O)/C(=C/c2cccc(Cl)c2)NC(=O)c2ccccc2)cc1)Nc1ccc(Br)cc1. The van der Waals surface area contributed by atoms with E-state index in [9.17, 15) is 14.4 Å². The molecule has 0 aliphatic carbocycles. The van der Waals surface area contributed by atoms with E-state index in [2.05, 4.69) is 31.9 Å². The second kappa shape index (κ2) is 13.8. The fourth-order valence-electron chi connectivity index (χ4n) is 3.42. The molecule has 0 aliphatic rings. The van der Waals surface area contributed by atoms with Gasteiger partial charge in [0, 0.05) is 31.3 Å². The number of carbonyl (C=O) groups excluding carboxylic acids is 3. The summed E-state index contributed by atoms with van der Waals surface area (Å²) in [5, 5.41) is 8.88. The summed E-state index contributed by atoms with van der Waals surface area (Å²) in [6, 6.07) is 30.1. The number of nitrogens with one attached hydrogen (secondary N) is 3. The molecule has 0 heterocycles. The third-order valence-electron chi connectivity index (χ3n) is 5.30. The number of anilines is 2. The molecule has 4 rings (SSSR count). The van der Waals surface area contributed by atoms with Crippen molar-refractivity contribution in [1.29, 1.82) is 0 Å². The van der Waals surface area contributed by atoms with Crippen molar-refractivity contribution < 1.29 is 14.4 Å². The highest BCUT2D eigenvalue weighted by Crippen LogP contribution is 2.22. The molecule has 9 heteroatoms. The molecule has 0 aliphatic heterocycles. The molecule has 0 unspecified atom stereocenters. The van der Waals surface area contributed by atoms with Crippen LogP contribution in [0.15, 0.2) is 118 Å². The van der Waals surface area contributed by atoms with E-state index in [4.69, 9.17) is 11.6 Å². The Kier molecular flexibility index (Phi) is 9.97. The average molecular weight is 621 g/mol. The Morgan fingerprint density at radius 3 is 2.15 bits per heavy atom. The van der Waals surface area contributed by atoms with E-state index in [0.29, 0.717) is 21.8 Å². The van der Waals surface area contributed by atoms with Crippen molar-refractivity contribution in [3.05, 3.63) is 129 Å². The van der Waals surface area contributed by atoms with E-state index in [0.717, 1.165) is 15.1 Å². The second-order valence-corrected chi connectivity index (χ2v) is 10.7. The van der Waals surface area contributed by atoms with Crippen LogP contribution in [0.25, 0.3) is 6.08 Å². The fraction of sp³-hybridized carbons (Fsp3) is 0.0333. The number of hydrogen-bond acceptors (Lipinski definition) is 4. The van der Waals surface area contributed by atoms with Gasteiger partial charge in [0.25, 0.3) is 11.8 Å². The number of halogens is 2. The predicted octanol–water partition coefficient (Wildman–Crippen LogP) is 7.24. The zero-order valence-electron chi connectivity index (χ0n) is 20.5. The van der Waals surface area contributed by atoms with Gasteiger partial charge in [0.05, 0.1) is 5.75 Å². The summed E-state index contributed by atoms with van der Waals surface area (Å²) in [5.41, 5.74) is 2.41. The Balaban J connectivity index is 1.40. The van der Waals surface area contributed by atoms with Gasteiger partial charge in [-0.05, 0) is 84.4 Å². The van der Waals surface area contributed by atoms with E-state index in [-0.39, 0.29) is 17.4 Å². The summed E-state index contributed by atoms with van der Waals surface area (Å²) >= 11 is 10.8. The highest BCUT2D eigenvalue weighted by molar-refractivity contribution is 9.10. The smallest absolute Gasteiger partial charge is 0.272 e. The molecule has 3 N–H and O–H groups in total. The van der Waals surface area contributed by atoms with Crippen molar-refractivity contribution >= 4 is 74.5 Å². The van der Waals surface area contributed by atoms with E-state index in [1.807, 2.05) is 42.5 Å². The van der Waals surface area contributed by atoms with Crippen molar-refractivity contribution in [2.24, 2.45) is 0 Å². The number of carbonyl (C=O) groups is 3. The van der Waals surface area contributed by atoms with Crippen molar-refractivity contribution in [2.75, 3.05) is 16.4 Å². The van der Waals surface area contributed by atoms with Crippen LogP contribution in [-0.4, -0.2) is 23.5 Å². The first kappa shape index (κ1) is 28.2. The molecule has 0 bridgehead atoms. The monoisotopic (exact) mass is 619 g/mol. The van der Waals surface area contributed by atoms with Crippen molar-refractivity contribution in [3.8, 4) is 0 Å². The molecule has 39 heavy (non-hydrogen) atoms. The average Bonchev–Trinajstić information content (AvgIpc) is 2.94. The van der Waals surface area contributed by atoms with Crippen LogP contribution in [-0.2, 0) is 9.59 Å². The summed E-state index contributed by atoms with van der Waals surface area (Å²) in [6.07, 6.45) is 1.57. The molecule has 4 aromatic rings. The Labute approximate surface area is 244 Å². The number of hydrogen-bond donors (Lipinski definition) is 3. The Morgan fingerprint density at radius 2 is 1.46 bits per heavy atom. The molecule has 0 aromatic heterocycles. The molecule has 6 nitrogen and oxygen atoms in total. The molecule has 0 atom stereocenters. The summed E-state index contributed by atoms with van der Waals surface area (Å²) in [4.78, 5) is 39.1. The zero-order chi connectivity index (χ0) is 27.6. The largest absolute Gasteiger partial charge is 0.325 e. The minimum absolute atomic E-state index is 0.0641. The quantitative estimate of drug-likeness (QED) is 0.136. The second-order valence-electron chi connectivity index (χ2n) is 8.26. The number of benzene rings is 4. The van der Waals surface area contributed by atoms with E-state index in [1.54, 1.807) is 66.7 Å². The van der Waals surface area contributed by atoms with Gasteiger partial charge in [-0.25, -0.2) is 0 Å². The van der Waals surface area contributed by atoms with Crippen LogP contribution < -0.4 is 16.0 Å². The normalized spacial score (nSPS) is 11.0. The summed E-state index contributed by atoms with van der Waals surface area (Å²) in [5.74, 6) is -0.787. The minimum atomic E-state index is -0.492. The van der Waals surface area contributed by atoms with Gasteiger partial charge in [-0.1, -0.05) is 57.9 Å². The first-order valence-electron chi connectivity index (χ1n) is 11.8. The van der Waals surface area contributed by atoms with E-state index in [1.165, 1.54) is 11.8 Å². The van der Waals surface area contributed by atoms with Crippen molar-refractivity contribution in [3.63, 3.8) is 0 Å². The van der Waals surface area contributed by atoms with Crippen LogP contribution in [0.1, 0.15) is 15.9 Å². The van der Waals surface area contributed by atoms with Crippen LogP contribution in [0.4, 0.5) is 11.4 Å². The molecule has 3 amide bonds. The van der Waals surface area contributed by atoms with E-state index < -0.39 is 11.8 Å². The van der Waals surface area contributed by atoms with Crippen LogP contribution in [0, 0.1) is 0 Å². The number of rotatable bonds is 9. The third-order valence-corrected chi connectivity index (χ3v) is 7.07. The molecular formula is C30H23BrClN3O3S. The van der Waals surface area contributed by atoms with Gasteiger partial charge < -0.3 is 16.0 Å². The van der Waals surface area contributed by atoms with E-state index >= 15 is 0 Å². The van der Waals surface area contributed by atoms with Crippen LogP contribution in [0.2, 0.25) is 5.02 Å². The Hall–Kier alpha value is -3.85. The van der Waals surface area contributed by atoms with Crippen molar-refractivity contribution in [1.82, 2.24) is 5.32 Å². The van der Waals surface area contributed by atoms with Gasteiger partial charge in [0.1, 0.15) is 5.70 Å². The van der Waals surface area contributed by atoms with Crippen LogP contribution >= 0.6 is 39.3 Å². The van der Waals surface area contributed by atoms with Gasteiger partial charge in [0.2, 0.25) is 5.91 Å². The fourth-order valence-corrected chi connectivity index (χ4v) is 4.58. The molecular weight excluding hydrogens is 598 g/mol. The Bertz CT molecular complexity index is 1490. The number of thioether (sulfide) groups is 1. The number of amides is 3. The van der Waals surface area contributed by atoms with Gasteiger partial charge in [0.15, 0.2) is 0 Å². The maximum absolute atomic E-state index is 13.2. The lowest BCUT2D eigenvalue weighted by atomic mass is 10.1. The third kappa shape index (κ3) is 8.85. The topological polar surface area (TPSA) is 87.3 Å². The molecule has 0 spiro atoms. The highest BCUT2D eigenvalue weighted by atomic mass is 79.9. The van der Waals surface area contributed by atoms with Gasteiger partial charge in [-0.15, -0.1) is 11.8 Å². The maximum atomic E-state index is 13.2. The molecule has 0 saturated heterocycles. The molecule has 4 aromatic carbocycles. The molecule has 0 saturated carbocycles. The summed E-state index contributed by atoms with van der Waals surface area (Å²) < 4.78 is 0.938. The van der Waals surface area contributed by atoms with Gasteiger partial charge in [-0.3, -0.25) is 14.4 Å². The summed E-state index contributed by atoms with van der Waals surface area (Å²) in [6.45, 7) is 0. The standard InChI is InChI=1S/C30H23BrClN3O3S/c31-22-9-11-24(12-10-22)33-28(36)19-39-26-15-13-25(14-16-26)34-30(38)27(18-20-5-4-8-23(32)17-20)35-29(37)21-6-2-1-3-7-21/h1-18H,19H2,(H,33,36)(H,34,38)(H,35,37)/b27-18-. The lowest BCUT2D eigenvalue weighted by Crippen LogP contribution is -2.30. The Morgan fingerprint density at radius 1 is 0.795 bits per heavy atom. The minimum Gasteiger partial charge on any atom is -0.325 e. The van der Waals surface area contributed by atoms with Crippen LogP contribution in [0.3, 0.4) is 0 Å². The summed E-state index contributed by atoms with van der Waals surface area (Å²) in [7, 11) is 0. The lowest BCUT2D eigenvalue weighted by Gasteiger charge is -2.12. The van der Waals surface area contributed by atoms with Gasteiger partial charge in [-0.2, -0.15) is 0 Å². The van der Waals surface area contributed by atoms with Gasteiger partial charge >= 0.3 is 0 Å². The maximum Gasteiger partial charge on any atom is 0.272 e. The first-order valence-corrected chi connectivity index (χ1v) is 13.9. The zero-order valence-corrected chi connectivity index (χ0v) is 23.6.